The van der Waals surface area contributed by atoms with Crippen molar-refractivity contribution in [1.82, 2.24) is 31.6 Å². The van der Waals surface area contributed by atoms with Crippen molar-refractivity contribution in [3.05, 3.63) is 59.9 Å². The van der Waals surface area contributed by atoms with Crippen LogP contribution in [-0.4, -0.2) is 103 Å². The number of nitrogens with zero attached hydrogens (tertiary/aromatic N) is 3. The van der Waals surface area contributed by atoms with Crippen LogP contribution in [0.5, 0.6) is 0 Å². The van der Waals surface area contributed by atoms with Gasteiger partial charge in [-0.15, -0.1) is 0 Å². The van der Waals surface area contributed by atoms with E-state index >= 15 is 0 Å². The Morgan fingerprint density at radius 1 is 0.887 bits per heavy atom. The molecule has 53 heavy (non-hydrogen) atoms. The number of hydrogen-bond acceptors (Lipinski definition) is 9. The van der Waals surface area contributed by atoms with Crippen LogP contribution in [-0.2, 0) is 25.6 Å². The van der Waals surface area contributed by atoms with Gasteiger partial charge < -0.3 is 48.1 Å². The van der Waals surface area contributed by atoms with Gasteiger partial charge in [0, 0.05) is 39.1 Å². The Hall–Kier alpha value is -5.25. The largest absolute Gasteiger partial charge is 0.480 e. The van der Waals surface area contributed by atoms with Gasteiger partial charge in [-0.1, -0.05) is 64.4 Å². The van der Waals surface area contributed by atoms with Gasteiger partial charge in [0.1, 0.15) is 29.9 Å². The monoisotopic (exact) mass is 736 g/mol. The number of carboxylic acids is 1. The summed E-state index contributed by atoms with van der Waals surface area (Å²) in [6.07, 6.45) is 2.91. The smallest absolute Gasteiger partial charge is 0.326 e. The normalized spacial score (nSPS) is 15.6. The lowest BCUT2D eigenvalue weighted by atomic mass is 9.96. The molecule has 16 nitrogen and oxygen atoms in total. The zero-order valence-electron chi connectivity index (χ0n) is 31.1. The number of carbonyl (C=O) groups is 5. The fourth-order valence-corrected chi connectivity index (χ4v) is 5.88. The van der Waals surface area contributed by atoms with Crippen LogP contribution in [0, 0.1) is 11.8 Å². The number of benzene rings is 1. The molecule has 0 aliphatic carbocycles. The number of guanidine groups is 1. The highest BCUT2D eigenvalue weighted by atomic mass is 16.4. The maximum Gasteiger partial charge on any atom is 0.326 e. The fourth-order valence-electron chi connectivity index (χ4n) is 5.88. The van der Waals surface area contributed by atoms with Crippen LogP contribution in [0.2, 0.25) is 0 Å². The lowest BCUT2D eigenvalue weighted by molar-refractivity contribution is -0.142. The van der Waals surface area contributed by atoms with Gasteiger partial charge in [-0.05, 0) is 48.8 Å². The van der Waals surface area contributed by atoms with E-state index in [1.807, 2.05) is 32.9 Å². The van der Waals surface area contributed by atoms with Crippen molar-refractivity contribution in [2.75, 3.05) is 37.6 Å². The standard InChI is InChI=1S/C37H56N10O6/c1-5-24(4)31(35(51)45-30(36(52)53)21-25-10-7-6-8-11-25)46-34(50)29(20-23(2)3)44-33(49)28(12-9-15-41-37(38)39)43-32(48)27-14-13-26(22-42-27)47-18-16-40-17-19-47/h6-8,10-11,13-14,22-24,28-31,40H,5,9,12,15-21H2,1-4H3,(H,43,48)(H,44,49)(H,45,51)(H,46,50)(H,52,53)(H4,38,39,41)/t24-,28-,29-,30-,31-/m0/s1. The Bertz CT molecular complexity index is 1530. The third kappa shape index (κ3) is 14.0. The SMILES string of the molecule is CC[C@H](C)[C@H](NC(=O)[C@H](CC(C)C)NC(=O)[C@H](CCCN=C(N)N)NC(=O)c1ccc(N2CCNCC2)cn1)C(=O)N[C@@H](Cc1ccccc1)C(=O)O. The molecule has 0 unspecified atom stereocenters. The molecule has 0 spiro atoms. The highest BCUT2D eigenvalue weighted by Crippen LogP contribution is 2.15. The van der Waals surface area contributed by atoms with Crippen molar-refractivity contribution >= 4 is 41.2 Å². The number of aromatic nitrogens is 1. The van der Waals surface area contributed by atoms with E-state index in [2.05, 4.69) is 41.5 Å². The molecule has 16 heteroatoms. The number of hydrogen-bond donors (Lipinski definition) is 8. The summed E-state index contributed by atoms with van der Waals surface area (Å²) in [6.45, 7) is 10.9. The quantitative estimate of drug-likeness (QED) is 0.0529. The summed E-state index contributed by atoms with van der Waals surface area (Å²) in [5.74, 6) is -4.16. The molecule has 2 heterocycles. The van der Waals surface area contributed by atoms with E-state index in [1.165, 1.54) is 0 Å². The van der Waals surface area contributed by atoms with Crippen LogP contribution in [0.1, 0.15) is 69.4 Å². The van der Waals surface area contributed by atoms with Gasteiger partial charge in [0.15, 0.2) is 5.96 Å². The van der Waals surface area contributed by atoms with E-state index in [4.69, 9.17) is 11.5 Å². The molecule has 1 saturated heterocycles. The molecule has 1 fully saturated rings. The highest BCUT2D eigenvalue weighted by Gasteiger charge is 2.34. The number of carboxylic acid groups (broad SMARTS) is 1. The molecule has 0 saturated carbocycles. The van der Waals surface area contributed by atoms with E-state index in [-0.39, 0.29) is 49.3 Å². The molecule has 1 aliphatic heterocycles. The molecule has 5 atom stereocenters. The number of anilines is 1. The third-order valence-electron chi connectivity index (χ3n) is 9.06. The van der Waals surface area contributed by atoms with Crippen LogP contribution in [0.15, 0.2) is 53.7 Å². The lowest BCUT2D eigenvalue weighted by Gasteiger charge is -2.29. The number of rotatable bonds is 20. The predicted molar refractivity (Wildman–Crippen MR) is 203 cm³/mol. The van der Waals surface area contributed by atoms with Crippen molar-refractivity contribution in [2.45, 2.75) is 84.0 Å². The zero-order valence-corrected chi connectivity index (χ0v) is 31.1. The third-order valence-corrected chi connectivity index (χ3v) is 9.06. The molecule has 4 amide bonds. The molecule has 0 radical (unpaired) electrons. The van der Waals surface area contributed by atoms with Crippen molar-refractivity contribution in [3.8, 4) is 0 Å². The van der Waals surface area contributed by atoms with Crippen LogP contribution in [0.4, 0.5) is 5.69 Å². The Balaban J connectivity index is 1.77. The number of aliphatic imine (C=N–C) groups is 1. The minimum atomic E-state index is -1.23. The average Bonchev–Trinajstić information content (AvgIpc) is 3.14. The van der Waals surface area contributed by atoms with Gasteiger partial charge in [-0.2, -0.15) is 0 Å². The number of nitrogens with two attached hydrogens (primary N) is 2. The predicted octanol–water partition coefficient (Wildman–Crippen LogP) is 0.517. The molecule has 10 N–H and O–H groups in total. The van der Waals surface area contributed by atoms with Gasteiger partial charge >= 0.3 is 5.97 Å². The Morgan fingerprint density at radius 2 is 1.55 bits per heavy atom. The number of carbonyl (C=O) groups excluding carboxylic acids is 4. The maximum absolute atomic E-state index is 13.9. The van der Waals surface area contributed by atoms with Gasteiger partial charge in [0.25, 0.3) is 5.91 Å². The summed E-state index contributed by atoms with van der Waals surface area (Å²) in [4.78, 5) is 77.2. The summed E-state index contributed by atoms with van der Waals surface area (Å²) in [6, 6.07) is 7.88. The fraction of sp³-hybridized carbons (Fsp3) is 0.541. The number of amides is 4. The summed E-state index contributed by atoms with van der Waals surface area (Å²) in [5, 5.41) is 24.1. The summed E-state index contributed by atoms with van der Waals surface area (Å²) in [5.41, 5.74) is 12.7. The first-order valence-corrected chi connectivity index (χ1v) is 18.2. The van der Waals surface area contributed by atoms with Crippen LogP contribution >= 0.6 is 0 Å². The Morgan fingerprint density at radius 3 is 2.13 bits per heavy atom. The highest BCUT2D eigenvalue weighted by molar-refractivity contribution is 5.98. The molecule has 290 valence electrons. The molecular weight excluding hydrogens is 680 g/mol. The van der Waals surface area contributed by atoms with E-state index in [1.54, 1.807) is 43.5 Å². The Kier molecular flexibility index (Phi) is 17.0. The van der Waals surface area contributed by atoms with E-state index in [0.717, 1.165) is 37.4 Å². The first kappa shape index (κ1) is 42.2. The molecule has 2 aromatic rings. The molecular formula is C37H56N10O6. The van der Waals surface area contributed by atoms with Crippen molar-refractivity contribution < 1.29 is 29.1 Å². The maximum atomic E-state index is 13.9. The second-order valence-corrected chi connectivity index (χ2v) is 13.8. The molecule has 0 bridgehead atoms. The molecule has 1 aromatic carbocycles. The van der Waals surface area contributed by atoms with Crippen molar-refractivity contribution in [2.24, 2.45) is 28.3 Å². The van der Waals surface area contributed by atoms with Gasteiger partial charge in [-0.3, -0.25) is 24.2 Å². The lowest BCUT2D eigenvalue weighted by Crippen LogP contribution is -2.59. The molecule has 1 aromatic heterocycles. The minimum absolute atomic E-state index is 0.0440. The molecule has 3 rings (SSSR count). The topological polar surface area (TPSA) is 246 Å². The number of piperazine rings is 1. The zero-order chi connectivity index (χ0) is 38.9. The van der Waals surface area contributed by atoms with Crippen LogP contribution in [0.25, 0.3) is 0 Å². The van der Waals surface area contributed by atoms with Crippen LogP contribution in [0.3, 0.4) is 0 Å². The number of pyridine rings is 1. The van der Waals surface area contributed by atoms with E-state index in [0.29, 0.717) is 12.8 Å². The number of aliphatic carboxylic acids is 1. The average molecular weight is 737 g/mol. The van der Waals surface area contributed by atoms with Gasteiger partial charge in [0.05, 0.1) is 11.9 Å². The number of nitrogens with one attached hydrogen (secondary N) is 5. The second-order valence-electron chi connectivity index (χ2n) is 13.8. The van der Waals surface area contributed by atoms with Crippen molar-refractivity contribution in [3.63, 3.8) is 0 Å². The van der Waals surface area contributed by atoms with Gasteiger partial charge in [0.2, 0.25) is 17.7 Å². The Labute approximate surface area is 311 Å². The van der Waals surface area contributed by atoms with Crippen LogP contribution < -0.4 is 43.0 Å². The second kappa shape index (κ2) is 21.3. The van der Waals surface area contributed by atoms with Gasteiger partial charge in [-0.25, -0.2) is 9.78 Å². The first-order chi connectivity index (χ1) is 25.3. The van der Waals surface area contributed by atoms with E-state index in [9.17, 15) is 29.1 Å². The summed E-state index contributed by atoms with van der Waals surface area (Å²) >= 11 is 0. The summed E-state index contributed by atoms with van der Waals surface area (Å²) in [7, 11) is 0. The van der Waals surface area contributed by atoms with E-state index < -0.39 is 53.8 Å². The summed E-state index contributed by atoms with van der Waals surface area (Å²) < 4.78 is 0. The van der Waals surface area contributed by atoms with Crippen molar-refractivity contribution in [1.29, 1.82) is 0 Å². The first-order valence-electron chi connectivity index (χ1n) is 18.2. The molecule has 1 aliphatic rings. The minimum Gasteiger partial charge on any atom is -0.480 e.